The van der Waals surface area contributed by atoms with E-state index in [2.05, 4.69) is 0 Å². The number of aromatic hydroxyl groups is 1. The molecule has 1 saturated carbocycles. The molecule has 0 radical (unpaired) electrons. The minimum absolute atomic E-state index is 0.00120. The number of benzene rings is 1. The largest absolute Gasteiger partial charge is 0.508 e. The number of aliphatic hydroxyl groups is 3. The van der Waals surface area contributed by atoms with E-state index in [0.717, 1.165) is 6.07 Å². The van der Waals surface area contributed by atoms with E-state index in [-0.39, 0.29) is 35.1 Å². The lowest BCUT2D eigenvalue weighted by molar-refractivity contribution is -0.153. The first kappa shape index (κ1) is 22.5. The Morgan fingerprint density at radius 1 is 1.09 bits per heavy atom. The molecule has 0 unspecified atom stereocenters. The van der Waals surface area contributed by atoms with E-state index < -0.39 is 69.7 Å². The Labute approximate surface area is 187 Å². The zero-order valence-electron chi connectivity index (χ0n) is 17.8. The van der Waals surface area contributed by atoms with Gasteiger partial charge in [-0.05, 0) is 50.6 Å². The van der Waals surface area contributed by atoms with Gasteiger partial charge >= 0.3 is 0 Å². The van der Waals surface area contributed by atoms with Gasteiger partial charge in [-0.25, -0.2) is 0 Å². The van der Waals surface area contributed by atoms with Gasteiger partial charge in [0.05, 0.1) is 11.6 Å². The lowest BCUT2D eigenvalue weighted by Crippen LogP contribution is -2.65. The number of hydrogen-bond acceptors (Lipinski definition) is 9. The van der Waals surface area contributed by atoms with Crippen LogP contribution in [0, 0.1) is 11.8 Å². The van der Waals surface area contributed by atoms with Crippen molar-refractivity contribution in [1.82, 2.24) is 4.90 Å². The summed E-state index contributed by atoms with van der Waals surface area (Å²) in [5.74, 6) is -8.27. The molecule has 1 fully saturated rings. The van der Waals surface area contributed by atoms with Crippen molar-refractivity contribution in [2.24, 2.45) is 23.3 Å². The summed E-state index contributed by atoms with van der Waals surface area (Å²) in [6.45, 7) is 0. The van der Waals surface area contributed by atoms with Gasteiger partial charge in [-0.15, -0.1) is 0 Å². The van der Waals surface area contributed by atoms with Crippen molar-refractivity contribution >= 4 is 29.1 Å². The molecular weight excluding hydrogens is 434 g/mol. The van der Waals surface area contributed by atoms with Gasteiger partial charge in [0, 0.05) is 17.1 Å². The maximum Gasteiger partial charge on any atom is 0.255 e. The van der Waals surface area contributed by atoms with Gasteiger partial charge in [0.15, 0.2) is 11.4 Å². The average molecular weight is 457 g/mol. The molecule has 174 valence electrons. The number of nitrogens with zero attached hydrogens (tertiary/aromatic N) is 1. The fraction of sp³-hybridized carbons (Fsp3) is 0.364. The number of carbonyl (C=O) groups excluding carboxylic acids is 4. The van der Waals surface area contributed by atoms with E-state index in [9.17, 15) is 39.6 Å². The molecule has 0 spiro atoms. The summed E-state index contributed by atoms with van der Waals surface area (Å²) >= 11 is 0. The van der Waals surface area contributed by atoms with E-state index in [1.165, 1.54) is 25.1 Å². The molecule has 8 N–H and O–H groups in total. The number of fused-ring (bicyclic) bond motifs is 3. The molecule has 33 heavy (non-hydrogen) atoms. The summed E-state index contributed by atoms with van der Waals surface area (Å²) in [5, 5.41) is 43.5. The fourth-order valence-electron chi connectivity index (χ4n) is 5.47. The second-order valence-corrected chi connectivity index (χ2v) is 8.81. The lowest BCUT2D eigenvalue weighted by Gasteiger charge is -2.50. The van der Waals surface area contributed by atoms with Crippen LogP contribution in [-0.4, -0.2) is 74.4 Å². The number of likely N-dealkylation sites (N-methyl/N-ethyl adjacent to an activating group) is 1. The topological polar surface area (TPSA) is 204 Å². The number of hydrogen-bond donors (Lipinski definition) is 6. The van der Waals surface area contributed by atoms with Gasteiger partial charge in [0.25, 0.3) is 5.91 Å². The summed E-state index contributed by atoms with van der Waals surface area (Å²) in [4.78, 5) is 51.9. The van der Waals surface area contributed by atoms with Crippen LogP contribution in [0.25, 0.3) is 5.76 Å². The maximum atomic E-state index is 13.6. The van der Waals surface area contributed by atoms with Crippen LogP contribution in [0.15, 0.2) is 29.0 Å². The molecule has 2 amide bonds. The molecule has 4 rings (SSSR count). The SMILES string of the molecule is CN(C)[C@@H]1C(=O)C(C(N)=O)=C(O)[C@@]2(O)C(=O)C3=C(O)c4c(O)ccc(C(N)=O)c4C[C@H]3C[C@@H]12. The summed E-state index contributed by atoms with van der Waals surface area (Å²) in [6, 6.07) is 1.27. The van der Waals surface area contributed by atoms with E-state index in [1.807, 2.05) is 0 Å². The number of Topliss-reactive ketones (excluding diaryl/α,β-unsaturated/α-hetero) is 2. The van der Waals surface area contributed by atoms with Crippen molar-refractivity contribution in [1.29, 1.82) is 0 Å². The lowest BCUT2D eigenvalue weighted by atomic mass is 9.57. The molecule has 0 aromatic heterocycles. The Balaban J connectivity index is 2.00. The highest BCUT2D eigenvalue weighted by Crippen LogP contribution is 2.52. The summed E-state index contributed by atoms with van der Waals surface area (Å²) in [7, 11) is 3.02. The first-order valence-corrected chi connectivity index (χ1v) is 10.1. The van der Waals surface area contributed by atoms with Crippen LogP contribution in [-0.2, 0) is 20.8 Å². The molecule has 0 heterocycles. The molecular formula is C22H23N3O8. The number of aliphatic hydroxyl groups excluding tert-OH is 2. The number of primary amides is 2. The third kappa shape index (κ3) is 2.82. The van der Waals surface area contributed by atoms with Crippen molar-refractivity contribution in [2.45, 2.75) is 24.5 Å². The Kier molecular flexibility index (Phi) is 4.88. The molecule has 0 bridgehead atoms. The zero-order chi connectivity index (χ0) is 24.6. The molecule has 1 aromatic carbocycles. The van der Waals surface area contributed by atoms with Crippen molar-refractivity contribution in [3.05, 3.63) is 45.7 Å². The number of nitrogens with two attached hydrogens (primary N) is 2. The van der Waals surface area contributed by atoms with Gasteiger partial charge in [0.1, 0.15) is 22.8 Å². The Morgan fingerprint density at radius 3 is 2.27 bits per heavy atom. The normalized spacial score (nSPS) is 29.0. The van der Waals surface area contributed by atoms with Crippen molar-refractivity contribution < 1.29 is 39.6 Å². The molecule has 3 aliphatic carbocycles. The number of carbonyl (C=O) groups is 4. The van der Waals surface area contributed by atoms with Crippen LogP contribution in [0.2, 0.25) is 0 Å². The predicted octanol–water partition coefficient (Wildman–Crippen LogP) is -0.937. The van der Waals surface area contributed by atoms with E-state index in [0.29, 0.717) is 0 Å². The predicted molar refractivity (Wildman–Crippen MR) is 113 cm³/mol. The Bertz CT molecular complexity index is 1210. The average Bonchev–Trinajstić information content (AvgIpc) is 2.70. The van der Waals surface area contributed by atoms with Gasteiger partial charge in [0.2, 0.25) is 11.7 Å². The monoisotopic (exact) mass is 457 g/mol. The molecule has 4 atom stereocenters. The second kappa shape index (κ2) is 7.15. The summed E-state index contributed by atoms with van der Waals surface area (Å²) < 4.78 is 0. The second-order valence-electron chi connectivity index (χ2n) is 8.81. The van der Waals surface area contributed by atoms with Crippen LogP contribution in [0.5, 0.6) is 5.75 Å². The quantitative estimate of drug-likeness (QED) is 0.309. The first-order valence-electron chi connectivity index (χ1n) is 10.1. The summed E-state index contributed by atoms with van der Waals surface area (Å²) in [6.07, 6.45) is -0.0686. The maximum absolute atomic E-state index is 13.6. The standard InChI is InChI=1S/C22H23N3O8/c1-25(2)15-10-6-7-5-9-8(20(23)31)3-4-11(26)13(9)16(27)12(7)18(29)22(10,33)19(30)14(17(15)28)21(24)32/h3-4,7,10,15,26-27,30,33H,5-6H2,1-2H3,(H2,23,31)(H2,24,32)/t7-,10-,15-,22-/m0/s1. The smallest absolute Gasteiger partial charge is 0.255 e. The van der Waals surface area contributed by atoms with E-state index in [1.54, 1.807) is 0 Å². The van der Waals surface area contributed by atoms with Crippen LogP contribution >= 0.6 is 0 Å². The fourth-order valence-corrected chi connectivity index (χ4v) is 5.47. The number of rotatable bonds is 3. The molecule has 11 nitrogen and oxygen atoms in total. The minimum atomic E-state index is -2.71. The van der Waals surface area contributed by atoms with E-state index in [4.69, 9.17) is 11.5 Å². The molecule has 1 aromatic rings. The summed E-state index contributed by atoms with van der Waals surface area (Å²) in [5.41, 5.74) is 6.92. The highest BCUT2D eigenvalue weighted by atomic mass is 16.3. The van der Waals surface area contributed by atoms with Crippen molar-refractivity contribution in [2.75, 3.05) is 14.1 Å². The van der Waals surface area contributed by atoms with Gasteiger partial charge < -0.3 is 31.9 Å². The number of phenolic OH excluding ortho intramolecular Hbond substituents is 1. The zero-order valence-corrected chi connectivity index (χ0v) is 17.8. The van der Waals surface area contributed by atoms with E-state index >= 15 is 0 Å². The van der Waals surface area contributed by atoms with Crippen LogP contribution in [0.4, 0.5) is 0 Å². The Morgan fingerprint density at radius 2 is 1.73 bits per heavy atom. The molecule has 0 saturated heterocycles. The van der Waals surface area contributed by atoms with Crippen LogP contribution in [0.3, 0.4) is 0 Å². The van der Waals surface area contributed by atoms with Crippen molar-refractivity contribution in [3.63, 3.8) is 0 Å². The molecule has 11 heteroatoms. The number of ketones is 2. The molecule has 3 aliphatic rings. The van der Waals surface area contributed by atoms with Gasteiger partial charge in [-0.3, -0.25) is 24.1 Å². The Hall–Kier alpha value is -3.70. The third-order valence-electron chi connectivity index (χ3n) is 6.87. The highest BCUT2D eigenvalue weighted by Gasteiger charge is 2.64. The van der Waals surface area contributed by atoms with Crippen LogP contribution in [0.1, 0.15) is 27.9 Å². The number of phenols is 1. The minimum Gasteiger partial charge on any atom is -0.508 e. The first-order chi connectivity index (χ1) is 15.3. The van der Waals surface area contributed by atoms with Crippen LogP contribution < -0.4 is 11.5 Å². The number of amides is 2. The highest BCUT2D eigenvalue weighted by molar-refractivity contribution is 6.24. The van der Waals surface area contributed by atoms with Gasteiger partial charge in [-0.2, -0.15) is 0 Å². The molecule has 0 aliphatic heterocycles. The van der Waals surface area contributed by atoms with Crippen molar-refractivity contribution in [3.8, 4) is 5.75 Å². The third-order valence-corrected chi connectivity index (χ3v) is 6.87. The van der Waals surface area contributed by atoms with Gasteiger partial charge in [-0.1, -0.05) is 0 Å².